The summed E-state index contributed by atoms with van der Waals surface area (Å²) in [5.74, 6) is 0.117. The molecule has 2 aromatic rings. The number of hydrogen-bond acceptors (Lipinski definition) is 5. The Bertz CT molecular complexity index is 730. The van der Waals surface area contributed by atoms with Crippen molar-refractivity contribution >= 4 is 11.9 Å². The van der Waals surface area contributed by atoms with Crippen LogP contribution in [0.3, 0.4) is 0 Å². The molecule has 2 aromatic heterocycles. The quantitative estimate of drug-likeness (QED) is 0.821. The molecule has 7 nitrogen and oxygen atoms in total. The van der Waals surface area contributed by atoms with Gasteiger partial charge in [-0.25, -0.2) is 14.4 Å². The van der Waals surface area contributed by atoms with Gasteiger partial charge in [-0.15, -0.1) is 0 Å². The van der Waals surface area contributed by atoms with Gasteiger partial charge in [0.15, 0.2) is 5.82 Å². The third-order valence-electron chi connectivity index (χ3n) is 4.65. The Kier molecular flexibility index (Phi) is 3.24. The number of nitrogens with zero attached hydrogens (tertiary/aromatic N) is 6. The summed E-state index contributed by atoms with van der Waals surface area (Å²) in [5, 5.41) is 4.07. The number of amides is 1. The maximum Gasteiger partial charge on any atom is 0.257 e. The molecule has 0 saturated carbocycles. The van der Waals surface area contributed by atoms with Crippen LogP contribution in [0.25, 0.3) is 0 Å². The van der Waals surface area contributed by atoms with Crippen LogP contribution >= 0.6 is 0 Å². The molecule has 0 aliphatic carbocycles. The van der Waals surface area contributed by atoms with Gasteiger partial charge in [0.1, 0.15) is 0 Å². The topological polar surface area (TPSA) is 67.2 Å². The zero-order valence-electron chi connectivity index (χ0n) is 12.8. The van der Waals surface area contributed by atoms with E-state index >= 15 is 0 Å². The van der Waals surface area contributed by atoms with Crippen molar-refractivity contribution in [1.82, 2.24) is 24.6 Å². The van der Waals surface area contributed by atoms with Crippen LogP contribution in [0.4, 0.5) is 10.3 Å². The first-order chi connectivity index (χ1) is 11.1. The average Bonchev–Trinajstić information content (AvgIpc) is 3.23. The Morgan fingerprint density at radius 1 is 1.17 bits per heavy atom. The number of aromatic nitrogens is 4. The fourth-order valence-electron chi connectivity index (χ4n) is 3.64. The molecule has 1 amide bonds. The highest BCUT2D eigenvalue weighted by Crippen LogP contribution is 2.34. The number of likely N-dealkylation sites (tertiary alicyclic amines) is 1. The lowest BCUT2D eigenvalue weighted by Crippen LogP contribution is -2.40. The third kappa shape index (κ3) is 2.34. The molecule has 2 atom stereocenters. The van der Waals surface area contributed by atoms with E-state index in [0.29, 0.717) is 18.1 Å². The van der Waals surface area contributed by atoms with Gasteiger partial charge in [0.05, 0.1) is 36.2 Å². The predicted octanol–water partition coefficient (Wildman–Crippen LogP) is 0.843. The van der Waals surface area contributed by atoms with Crippen LogP contribution in [-0.4, -0.2) is 55.7 Å². The van der Waals surface area contributed by atoms with Crippen LogP contribution in [0.5, 0.6) is 0 Å². The van der Waals surface area contributed by atoms with E-state index in [1.807, 2.05) is 4.90 Å². The molecule has 0 spiro atoms. The van der Waals surface area contributed by atoms with Crippen LogP contribution in [-0.2, 0) is 7.05 Å². The second kappa shape index (κ2) is 5.29. The van der Waals surface area contributed by atoms with E-state index in [1.165, 1.54) is 12.4 Å². The monoisotopic (exact) mass is 316 g/mol. The van der Waals surface area contributed by atoms with E-state index in [2.05, 4.69) is 20.0 Å². The number of carbonyl (C=O) groups is 1. The van der Waals surface area contributed by atoms with Gasteiger partial charge >= 0.3 is 0 Å². The molecule has 2 saturated heterocycles. The van der Waals surface area contributed by atoms with Crippen LogP contribution in [0.1, 0.15) is 23.2 Å². The van der Waals surface area contributed by atoms with Gasteiger partial charge in [-0.1, -0.05) is 0 Å². The number of carbonyl (C=O) groups excluding carboxylic acids is 1. The molecule has 0 aromatic carbocycles. The number of halogens is 1. The molecular weight excluding hydrogens is 299 g/mol. The van der Waals surface area contributed by atoms with E-state index in [-0.39, 0.29) is 18.0 Å². The highest BCUT2D eigenvalue weighted by molar-refractivity contribution is 5.94. The summed E-state index contributed by atoms with van der Waals surface area (Å²) in [4.78, 5) is 24.8. The van der Waals surface area contributed by atoms with E-state index in [4.69, 9.17) is 0 Å². The van der Waals surface area contributed by atoms with Gasteiger partial charge in [-0.05, 0) is 12.8 Å². The summed E-state index contributed by atoms with van der Waals surface area (Å²) >= 11 is 0. The molecule has 4 heterocycles. The Hall–Kier alpha value is -2.51. The maximum absolute atomic E-state index is 13.0. The van der Waals surface area contributed by atoms with Crippen LogP contribution in [0, 0.1) is 5.82 Å². The van der Waals surface area contributed by atoms with Crippen molar-refractivity contribution in [3.8, 4) is 0 Å². The van der Waals surface area contributed by atoms with Gasteiger partial charge in [0.25, 0.3) is 5.91 Å². The fourth-order valence-corrected chi connectivity index (χ4v) is 3.64. The van der Waals surface area contributed by atoms with Crippen molar-refractivity contribution < 1.29 is 9.18 Å². The summed E-state index contributed by atoms with van der Waals surface area (Å²) in [6.07, 6.45) is 7.46. The average molecular weight is 316 g/mol. The Morgan fingerprint density at radius 3 is 2.61 bits per heavy atom. The van der Waals surface area contributed by atoms with Gasteiger partial charge in [0, 0.05) is 26.3 Å². The first-order valence-corrected chi connectivity index (χ1v) is 7.67. The normalized spacial score (nSPS) is 23.4. The zero-order chi connectivity index (χ0) is 16.0. The first-order valence-electron chi connectivity index (χ1n) is 7.67. The smallest absolute Gasteiger partial charge is 0.257 e. The van der Waals surface area contributed by atoms with Gasteiger partial charge in [-0.2, -0.15) is 5.10 Å². The highest BCUT2D eigenvalue weighted by Gasteiger charge is 2.45. The Morgan fingerprint density at radius 2 is 1.91 bits per heavy atom. The lowest BCUT2D eigenvalue weighted by atomic mass is 10.1. The molecule has 8 heteroatoms. The molecule has 2 fully saturated rings. The lowest BCUT2D eigenvalue weighted by molar-refractivity contribution is 0.0737. The van der Waals surface area contributed by atoms with Crippen molar-refractivity contribution in [2.75, 3.05) is 18.0 Å². The molecule has 0 unspecified atom stereocenters. The Balaban J connectivity index is 1.53. The molecule has 4 rings (SSSR count). The van der Waals surface area contributed by atoms with E-state index in [9.17, 15) is 9.18 Å². The molecule has 2 aliphatic rings. The summed E-state index contributed by atoms with van der Waals surface area (Å²) in [6, 6.07) is 0.345. The van der Waals surface area contributed by atoms with Gasteiger partial charge < -0.3 is 9.80 Å². The SMILES string of the molecule is Cn1cc(C(=O)N2CC[C@@H]3[C@@H]2CCN3c2ncc(F)cn2)cn1. The minimum Gasteiger partial charge on any atom is -0.336 e. The minimum atomic E-state index is -0.440. The van der Waals surface area contributed by atoms with Gasteiger partial charge in [-0.3, -0.25) is 9.48 Å². The number of rotatable bonds is 2. The molecule has 2 aliphatic heterocycles. The second-order valence-electron chi connectivity index (χ2n) is 6.01. The van der Waals surface area contributed by atoms with Crippen molar-refractivity contribution in [1.29, 1.82) is 0 Å². The largest absolute Gasteiger partial charge is 0.336 e. The van der Waals surface area contributed by atoms with Crippen molar-refractivity contribution in [3.63, 3.8) is 0 Å². The third-order valence-corrected chi connectivity index (χ3v) is 4.65. The maximum atomic E-state index is 13.0. The predicted molar refractivity (Wildman–Crippen MR) is 80.4 cm³/mol. The zero-order valence-corrected chi connectivity index (χ0v) is 12.8. The number of anilines is 1. The summed E-state index contributed by atoms with van der Waals surface area (Å²) in [5.41, 5.74) is 0.615. The van der Waals surface area contributed by atoms with Gasteiger partial charge in [0.2, 0.25) is 5.95 Å². The Labute approximate surface area is 132 Å². The molecule has 0 radical (unpaired) electrons. The number of fused-ring (bicyclic) bond motifs is 1. The molecule has 0 bridgehead atoms. The number of aryl methyl sites for hydroxylation is 1. The number of hydrogen-bond donors (Lipinski definition) is 0. The lowest BCUT2D eigenvalue weighted by Gasteiger charge is -2.25. The standard InChI is InChI=1S/C15H17FN6O/c1-20-9-10(6-19-20)14(23)21-4-2-13-12(21)3-5-22(13)15-17-7-11(16)8-18-15/h6-9,12-13H,2-5H2,1H3/t12-,13+/m0/s1. The summed E-state index contributed by atoms with van der Waals surface area (Å²) in [6.45, 7) is 1.48. The summed E-state index contributed by atoms with van der Waals surface area (Å²) < 4.78 is 14.6. The first kappa shape index (κ1) is 14.1. The highest BCUT2D eigenvalue weighted by atomic mass is 19.1. The van der Waals surface area contributed by atoms with Crippen molar-refractivity contribution in [3.05, 3.63) is 36.2 Å². The van der Waals surface area contributed by atoms with E-state index in [0.717, 1.165) is 19.4 Å². The molecule has 23 heavy (non-hydrogen) atoms. The van der Waals surface area contributed by atoms with Crippen molar-refractivity contribution in [2.24, 2.45) is 7.05 Å². The van der Waals surface area contributed by atoms with Crippen LogP contribution < -0.4 is 4.90 Å². The second-order valence-corrected chi connectivity index (χ2v) is 6.01. The van der Waals surface area contributed by atoms with Crippen LogP contribution in [0.15, 0.2) is 24.8 Å². The fraction of sp³-hybridized carbons (Fsp3) is 0.467. The summed E-state index contributed by atoms with van der Waals surface area (Å²) in [7, 11) is 1.80. The minimum absolute atomic E-state index is 0.0208. The van der Waals surface area contributed by atoms with Crippen molar-refractivity contribution in [2.45, 2.75) is 24.9 Å². The molecule has 120 valence electrons. The van der Waals surface area contributed by atoms with E-state index < -0.39 is 5.82 Å². The van der Waals surface area contributed by atoms with E-state index in [1.54, 1.807) is 24.1 Å². The molecule has 0 N–H and O–H groups in total. The molecular formula is C15H17FN6O. The van der Waals surface area contributed by atoms with Crippen LogP contribution in [0.2, 0.25) is 0 Å².